The van der Waals surface area contributed by atoms with Gasteiger partial charge in [-0.25, -0.2) is 13.4 Å². The van der Waals surface area contributed by atoms with E-state index in [0.29, 0.717) is 18.1 Å². The minimum atomic E-state index is -3.49. The number of fused-ring (bicyclic) bond motifs is 1. The van der Waals surface area contributed by atoms with E-state index in [0.717, 1.165) is 39.9 Å². The Morgan fingerprint density at radius 1 is 1.19 bits per heavy atom. The summed E-state index contributed by atoms with van der Waals surface area (Å²) in [6, 6.07) is 8.92. The molecule has 164 valence electrons. The molecule has 1 unspecified atom stereocenters. The Balaban J connectivity index is 1.78. The maximum Gasteiger partial charge on any atom is 0.247 e. The molecule has 31 heavy (non-hydrogen) atoms. The summed E-state index contributed by atoms with van der Waals surface area (Å²) < 4.78 is 27.1. The van der Waals surface area contributed by atoms with Gasteiger partial charge >= 0.3 is 0 Å². The van der Waals surface area contributed by atoms with Crippen molar-refractivity contribution in [3.63, 3.8) is 0 Å². The van der Waals surface area contributed by atoms with Crippen LogP contribution in [0.5, 0.6) is 0 Å². The lowest BCUT2D eigenvalue weighted by atomic mass is 10.0. The predicted molar refractivity (Wildman–Crippen MR) is 124 cm³/mol. The molecule has 0 bridgehead atoms. The number of aromatic nitrogens is 2. The molecular formula is C22H26N4O3S2. The lowest BCUT2D eigenvalue weighted by molar-refractivity contribution is -0.123. The number of pyridine rings is 1. The average Bonchev–Trinajstić information content (AvgIpc) is 3.21. The Hall–Kier alpha value is -2.36. The number of piperidine rings is 1. The number of thiazole rings is 1. The zero-order valence-corrected chi connectivity index (χ0v) is 19.5. The van der Waals surface area contributed by atoms with Crippen LogP contribution in [0.2, 0.25) is 0 Å². The van der Waals surface area contributed by atoms with E-state index < -0.39 is 16.1 Å². The number of nitrogens with zero attached hydrogens (tertiary/aromatic N) is 4. The zero-order valence-electron chi connectivity index (χ0n) is 17.9. The summed E-state index contributed by atoms with van der Waals surface area (Å²) in [6.07, 6.45) is 4.95. The second-order valence-corrected chi connectivity index (χ2v) is 10.9. The number of amides is 1. The number of anilines is 1. The molecule has 1 aromatic carbocycles. The van der Waals surface area contributed by atoms with Crippen molar-refractivity contribution in [1.82, 2.24) is 14.3 Å². The van der Waals surface area contributed by atoms with Gasteiger partial charge in [0.1, 0.15) is 6.04 Å². The molecule has 0 aliphatic carbocycles. The first-order valence-corrected chi connectivity index (χ1v) is 13.0. The molecule has 0 spiro atoms. The molecule has 4 rings (SSSR count). The molecule has 0 radical (unpaired) electrons. The Labute approximate surface area is 186 Å². The maximum atomic E-state index is 13.8. The van der Waals surface area contributed by atoms with E-state index in [2.05, 4.69) is 11.1 Å². The van der Waals surface area contributed by atoms with Gasteiger partial charge in [-0.15, -0.1) is 0 Å². The van der Waals surface area contributed by atoms with Crippen molar-refractivity contribution in [2.45, 2.75) is 45.7 Å². The largest absolute Gasteiger partial charge is 0.281 e. The van der Waals surface area contributed by atoms with Crippen LogP contribution in [-0.4, -0.2) is 47.4 Å². The fourth-order valence-electron chi connectivity index (χ4n) is 3.99. The van der Waals surface area contributed by atoms with Crippen molar-refractivity contribution in [2.75, 3.05) is 17.7 Å². The van der Waals surface area contributed by atoms with E-state index in [1.165, 1.54) is 21.9 Å². The number of benzene rings is 1. The van der Waals surface area contributed by atoms with Crippen molar-refractivity contribution >= 4 is 42.6 Å². The highest BCUT2D eigenvalue weighted by molar-refractivity contribution is 7.88. The number of rotatable bonds is 5. The van der Waals surface area contributed by atoms with E-state index in [1.807, 2.05) is 38.1 Å². The Morgan fingerprint density at radius 3 is 2.65 bits per heavy atom. The molecule has 0 saturated carbocycles. The first-order chi connectivity index (χ1) is 14.8. The Morgan fingerprint density at radius 2 is 1.97 bits per heavy atom. The molecule has 2 aromatic heterocycles. The van der Waals surface area contributed by atoms with Gasteiger partial charge in [0.15, 0.2) is 5.13 Å². The molecule has 9 heteroatoms. The Bertz CT molecular complexity index is 1170. The van der Waals surface area contributed by atoms with Gasteiger partial charge in [-0.1, -0.05) is 36.0 Å². The monoisotopic (exact) mass is 458 g/mol. The second kappa shape index (κ2) is 8.64. The fraction of sp³-hybridized carbons (Fsp3) is 0.409. The molecule has 1 aliphatic heterocycles. The van der Waals surface area contributed by atoms with E-state index in [1.54, 1.807) is 11.1 Å². The number of sulfonamides is 1. The van der Waals surface area contributed by atoms with E-state index in [4.69, 9.17) is 4.98 Å². The van der Waals surface area contributed by atoms with E-state index in [-0.39, 0.29) is 12.5 Å². The summed E-state index contributed by atoms with van der Waals surface area (Å²) in [5, 5.41) is 0.571. The molecule has 0 N–H and O–H groups in total. The topological polar surface area (TPSA) is 83.5 Å². The summed E-state index contributed by atoms with van der Waals surface area (Å²) in [6.45, 7) is 4.64. The van der Waals surface area contributed by atoms with Gasteiger partial charge in [0, 0.05) is 12.7 Å². The molecule has 1 fully saturated rings. The average molecular weight is 459 g/mol. The number of carbonyl (C=O) groups is 1. The fourth-order valence-corrected chi connectivity index (χ4v) is 6.22. The van der Waals surface area contributed by atoms with Crippen molar-refractivity contribution in [3.8, 4) is 0 Å². The number of hydrogen-bond acceptors (Lipinski definition) is 6. The summed E-state index contributed by atoms with van der Waals surface area (Å²) in [5.74, 6) is -0.245. The third-order valence-corrected chi connectivity index (χ3v) is 8.14. The predicted octanol–water partition coefficient (Wildman–Crippen LogP) is 3.66. The highest BCUT2D eigenvalue weighted by atomic mass is 32.2. The molecule has 3 heterocycles. The van der Waals surface area contributed by atoms with Gasteiger partial charge in [0.2, 0.25) is 15.9 Å². The molecule has 3 aromatic rings. The highest BCUT2D eigenvalue weighted by Crippen LogP contribution is 2.35. The smallest absolute Gasteiger partial charge is 0.247 e. The van der Waals surface area contributed by atoms with Crippen LogP contribution in [0.3, 0.4) is 0 Å². The standard InChI is InChI=1S/C22H26N4O3S2/c1-15-10-11-16(2)20-19(15)24-22(30-20)25(14-17-8-4-6-12-23-17)21(27)18-9-5-7-13-26(18)31(3,28)29/h4,6,8,10-12,18H,5,7,9,13-14H2,1-3H3. The summed E-state index contributed by atoms with van der Waals surface area (Å²) in [4.78, 5) is 24.6. The summed E-state index contributed by atoms with van der Waals surface area (Å²) in [7, 11) is -3.49. The first-order valence-electron chi connectivity index (χ1n) is 10.3. The summed E-state index contributed by atoms with van der Waals surface area (Å²) >= 11 is 1.46. The normalized spacial score (nSPS) is 17.7. The SMILES string of the molecule is Cc1ccc(C)c2sc(N(Cc3ccccn3)C(=O)C3CCCCN3S(C)(=O)=O)nc12. The van der Waals surface area contributed by atoms with Crippen LogP contribution in [0.25, 0.3) is 10.2 Å². The van der Waals surface area contributed by atoms with Gasteiger partial charge in [0.25, 0.3) is 0 Å². The van der Waals surface area contributed by atoms with Gasteiger partial charge in [-0.2, -0.15) is 4.31 Å². The molecule has 1 atom stereocenters. The van der Waals surface area contributed by atoms with E-state index >= 15 is 0 Å². The lowest BCUT2D eigenvalue weighted by Crippen LogP contribution is -2.52. The maximum absolute atomic E-state index is 13.8. The van der Waals surface area contributed by atoms with Crippen LogP contribution in [0.1, 0.15) is 36.1 Å². The minimum Gasteiger partial charge on any atom is -0.281 e. The van der Waals surface area contributed by atoms with Crippen LogP contribution in [0.15, 0.2) is 36.5 Å². The van der Waals surface area contributed by atoms with Crippen LogP contribution in [0, 0.1) is 13.8 Å². The third-order valence-electron chi connectivity index (χ3n) is 5.64. The van der Waals surface area contributed by atoms with Gasteiger partial charge in [-0.05, 0) is 49.9 Å². The van der Waals surface area contributed by atoms with Gasteiger partial charge in [0.05, 0.1) is 28.7 Å². The van der Waals surface area contributed by atoms with Crippen molar-refractivity contribution in [3.05, 3.63) is 53.3 Å². The van der Waals surface area contributed by atoms with Crippen molar-refractivity contribution in [2.24, 2.45) is 0 Å². The molecule has 1 amide bonds. The van der Waals surface area contributed by atoms with Crippen molar-refractivity contribution in [1.29, 1.82) is 0 Å². The molecule has 1 saturated heterocycles. The lowest BCUT2D eigenvalue weighted by Gasteiger charge is -2.35. The van der Waals surface area contributed by atoms with Gasteiger partial charge < -0.3 is 0 Å². The van der Waals surface area contributed by atoms with Gasteiger partial charge in [-0.3, -0.25) is 14.7 Å². The van der Waals surface area contributed by atoms with Crippen LogP contribution in [-0.2, 0) is 21.4 Å². The molecular weight excluding hydrogens is 432 g/mol. The highest BCUT2D eigenvalue weighted by Gasteiger charge is 2.38. The zero-order chi connectivity index (χ0) is 22.2. The quantitative estimate of drug-likeness (QED) is 0.583. The Kier molecular flexibility index (Phi) is 6.09. The molecule has 7 nitrogen and oxygen atoms in total. The van der Waals surface area contributed by atoms with Crippen LogP contribution in [0.4, 0.5) is 5.13 Å². The first kappa shape index (κ1) is 21.9. The number of carbonyl (C=O) groups excluding carboxylic acids is 1. The minimum absolute atomic E-state index is 0.242. The van der Waals surface area contributed by atoms with Crippen molar-refractivity contribution < 1.29 is 13.2 Å². The number of hydrogen-bond donors (Lipinski definition) is 0. The van der Waals surface area contributed by atoms with Crippen LogP contribution >= 0.6 is 11.3 Å². The molecule has 1 aliphatic rings. The second-order valence-electron chi connectivity index (χ2n) is 8.00. The number of aryl methyl sites for hydroxylation is 2. The van der Waals surface area contributed by atoms with E-state index in [9.17, 15) is 13.2 Å². The third kappa shape index (κ3) is 4.49. The van der Waals surface area contributed by atoms with Crippen LogP contribution < -0.4 is 4.90 Å². The summed E-state index contributed by atoms with van der Waals surface area (Å²) in [5.41, 5.74) is 3.75.